The molecule has 4 heteroatoms. The number of amides is 1. The molecule has 0 aliphatic carbocycles. The van der Waals surface area contributed by atoms with E-state index in [1.54, 1.807) is 0 Å². The molecule has 19 heavy (non-hydrogen) atoms. The summed E-state index contributed by atoms with van der Waals surface area (Å²) in [7, 11) is 0. The maximum Gasteiger partial charge on any atom is 0.236 e. The zero-order valence-corrected chi connectivity index (χ0v) is 12.9. The van der Waals surface area contributed by atoms with Gasteiger partial charge in [0.15, 0.2) is 0 Å². The van der Waals surface area contributed by atoms with Gasteiger partial charge in [-0.05, 0) is 41.8 Å². The minimum absolute atomic E-state index is 0.229. The first-order valence-electron chi connectivity index (χ1n) is 7.11. The van der Waals surface area contributed by atoms with Gasteiger partial charge in [-0.15, -0.1) is 11.3 Å². The van der Waals surface area contributed by atoms with E-state index in [9.17, 15) is 4.79 Å². The van der Waals surface area contributed by atoms with E-state index in [0.29, 0.717) is 18.4 Å². The third kappa shape index (κ3) is 3.80. The van der Waals surface area contributed by atoms with E-state index in [4.69, 9.17) is 0 Å². The van der Waals surface area contributed by atoms with Gasteiger partial charge < -0.3 is 10.2 Å². The fourth-order valence-electron chi connectivity index (χ4n) is 2.22. The summed E-state index contributed by atoms with van der Waals surface area (Å²) in [6.45, 7) is 9.71. The van der Waals surface area contributed by atoms with Gasteiger partial charge in [0.2, 0.25) is 5.91 Å². The van der Waals surface area contributed by atoms with Gasteiger partial charge in [0.25, 0.3) is 0 Å². The first kappa shape index (κ1) is 14.5. The topological polar surface area (TPSA) is 32.3 Å². The third-order valence-corrected chi connectivity index (χ3v) is 5.06. The maximum absolute atomic E-state index is 12.1. The first-order valence-corrected chi connectivity index (χ1v) is 7.99. The molecular weight excluding hydrogens is 256 g/mol. The standard InChI is InChI=1S/C15H24N2OS/c1-11(2)12(3)8-16-9-15(18)17-6-4-14-13(10-17)5-7-19-14/h5,7,11-12,16H,4,6,8-10H2,1-3H3. The molecule has 0 spiro atoms. The highest BCUT2D eigenvalue weighted by Crippen LogP contribution is 2.23. The fraction of sp³-hybridized carbons (Fsp3) is 0.667. The highest BCUT2D eigenvalue weighted by atomic mass is 32.1. The molecule has 1 N–H and O–H groups in total. The number of carbonyl (C=O) groups excluding carboxylic acids is 1. The number of rotatable bonds is 5. The van der Waals surface area contributed by atoms with Crippen LogP contribution in [0.15, 0.2) is 11.4 Å². The Kier molecular flexibility index (Phi) is 4.99. The second kappa shape index (κ2) is 6.53. The van der Waals surface area contributed by atoms with Crippen LogP contribution in [-0.2, 0) is 17.8 Å². The van der Waals surface area contributed by atoms with Crippen molar-refractivity contribution < 1.29 is 4.79 Å². The van der Waals surface area contributed by atoms with Crippen molar-refractivity contribution in [3.8, 4) is 0 Å². The summed E-state index contributed by atoms with van der Waals surface area (Å²) in [5, 5.41) is 5.42. The lowest BCUT2D eigenvalue weighted by molar-refractivity contribution is -0.131. The number of nitrogens with one attached hydrogen (secondary N) is 1. The highest BCUT2D eigenvalue weighted by Gasteiger charge is 2.21. The van der Waals surface area contributed by atoms with Crippen molar-refractivity contribution in [3.05, 3.63) is 21.9 Å². The molecule has 1 unspecified atom stereocenters. The van der Waals surface area contributed by atoms with Crippen LogP contribution in [0.1, 0.15) is 31.2 Å². The van der Waals surface area contributed by atoms with Gasteiger partial charge in [0.1, 0.15) is 0 Å². The largest absolute Gasteiger partial charge is 0.337 e. The van der Waals surface area contributed by atoms with Crippen molar-refractivity contribution in [3.63, 3.8) is 0 Å². The minimum Gasteiger partial charge on any atom is -0.337 e. The Labute approximate surface area is 120 Å². The number of hydrogen-bond acceptors (Lipinski definition) is 3. The summed E-state index contributed by atoms with van der Waals surface area (Å²) in [4.78, 5) is 15.6. The predicted octanol–water partition coefficient (Wildman–Crippen LogP) is 2.51. The van der Waals surface area contributed by atoms with Crippen LogP contribution >= 0.6 is 11.3 Å². The van der Waals surface area contributed by atoms with Gasteiger partial charge in [0.05, 0.1) is 6.54 Å². The van der Waals surface area contributed by atoms with Crippen molar-refractivity contribution in [2.75, 3.05) is 19.6 Å². The Morgan fingerprint density at radius 1 is 1.47 bits per heavy atom. The van der Waals surface area contributed by atoms with Crippen LogP contribution < -0.4 is 5.32 Å². The summed E-state index contributed by atoms with van der Waals surface area (Å²) >= 11 is 1.81. The molecule has 1 amide bonds. The van der Waals surface area contributed by atoms with Crippen LogP contribution in [0.25, 0.3) is 0 Å². The normalized spacial score (nSPS) is 16.5. The molecule has 0 bridgehead atoms. The van der Waals surface area contributed by atoms with Crippen molar-refractivity contribution in [2.45, 2.75) is 33.7 Å². The summed E-state index contributed by atoms with van der Waals surface area (Å²) in [6, 6.07) is 2.15. The van der Waals surface area contributed by atoms with E-state index < -0.39 is 0 Å². The molecular formula is C15H24N2OS. The van der Waals surface area contributed by atoms with Crippen molar-refractivity contribution in [2.24, 2.45) is 11.8 Å². The lowest BCUT2D eigenvalue weighted by Gasteiger charge is -2.27. The lowest BCUT2D eigenvalue weighted by Crippen LogP contribution is -2.41. The molecule has 1 aromatic rings. The highest BCUT2D eigenvalue weighted by molar-refractivity contribution is 7.10. The number of nitrogens with zero attached hydrogens (tertiary/aromatic N) is 1. The van der Waals surface area contributed by atoms with Gasteiger partial charge in [-0.1, -0.05) is 20.8 Å². The molecule has 1 aliphatic rings. The van der Waals surface area contributed by atoms with E-state index in [2.05, 4.69) is 37.5 Å². The number of thiophene rings is 1. The summed E-state index contributed by atoms with van der Waals surface area (Å²) in [5.74, 6) is 1.50. The zero-order valence-electron chi connectivity index (χ0n) is 12.1. The van der Waals surface area contributed by atoms with Gasteiger partial charge in [-0.3, -0.25) is 4.79 Å². The fourth-order valence-corrected chi connectivity index (χ4v) is 3.11. The zero-order chi connectivity index (χ0) is 13.8. The second-order valence-corrected chi connectivity index (χ2v) is 6.79. The van der Waals surface area contributed by atoms with Crippen LogP contribution in [0.3, 0.4) is 0 Å². The smallest absolute Gasteiger partial charge is 0.236 e. The molecule has 0 fully saturated rings. The molecule has 2 rings (SSSR count). The molecule has 0 saturated heterocycles. The number of fused-ring (bicyclic) bond motifs is 1. The van der Waals surface area contributed by atoms with E-state index in [0.717, 1.165) is 26.1 Å². The Hall–Kier alpha value is -0.870. The van der Waals surface area contributed by atoms with Crippen LogP contribution in [-0.4, -0.2) is 30.4 Å². The van der Waals surface area contributed by atoms with Gasteiger partial charge in [-0.2, -0.15) is 0 Å². The molecule has 106 valence electrons. The monoisotopic (exact) mass is 280 g/mol. The van der Waals surface area contributed by atoms with Gasteiger partial charge in [0, 0.05) is 18.0 Å². The molecule has 1 atom stereocenters. The van der Waals surface area contributed by atoms with E-state index in [-0.39, 0.29) is 5.91 Å². The Balaban J connectivity index is 1.76. The Morgan fingerprint density at radius 2 is 2.26 bits per heavy atom. The van der Waals surface area contributed by atoms with Crippen LogP contribution in [0.2, 0.25) is 0 Å². The van der Waals surface area contributed by atoms with Gasteiger partial charge in [-0.25, -0.2) is 0 Å². The summed E-state index contributed by atoms with van der Waals surface area (Å²) < 4.78 is 0. The second-order valence-electron chi connectivity index (χ2n) is 5.79. The predicted molar refractivity (Wildman–Crippen MR) is 80.3 cm³/mol. The minimum atomic E-state index is 0.229. The maximum atomic E-state index is 12.1. The molecule has 0 radical (unpaired) electrons. The van der Waals surface area contributed by atoms with E-state index in [1.807, 2.05) is 16.2 Å². The van der Waals surface area contributed by atoms with Crippen molar-refractivity contribution in [1.29, 1.82) is 0 Å². The van der Waals surface area contributed by atoms with E-state index in [1.165, 1.54) is 10.4 Å². The first-order chi connectivity index (χ1) is 9.08. The lowest BCUT2D eigenvalue weighted by atomic mass is 9.98. The average molecular weight is 280 g/mol. The molecule has 0 saturated carbocycles. The van der Waals surface area contributed by atoms with Crippen LogP contribution in [0.4, 0.5) is 0 Å². The molecule has 3 nitrogen and oxygen atoms in total. The molecule has 2 heterocycles. The summed E-state index contributed by atoms with van der Waals surface area (Å²) in [6.07, 6.45) is 1.02. The molecule has 1 aliphatic heterocycles. The Morgan fingerprint density at radius 3 is 3.00 bits per heavy atom. The molecule has 1 aromatic heterocycles. The van der Waals surface area contributed by atoms with Crippen molar-refractivity contribution >= 4 is 17.2 Å². The van der Waals surface area contributed by atoms with Crippen LogP contribution in [0, 0.1) is 11.8 Å². The van der Waals surface area contributed by atoms with Crippen molar-refractivity contribution in [1.82, 2.24) is 10.2 Å². The van der Waals surface area contributed by atoms with E-state index >= 15 is 0 Å². The summed E-state index contributed by atoms with van der Waals surface area (Å²) in [5.41, 5.74) is 1.33. The SMILES string of the molecule is CC(C)C(C)CNCC(=O)N1CCc2sccc2C1. The quantitative estimate of drug-likeness (QED) is 0.899. The van der Waals surface area contributed by atoms with Crippen LogP contribution in [0.5, 0.6) is 0 Å². The number of hydrogen-bond donors (Lipinski definition) is 1. The molecule has 0 aromatic carbocycles. The average Bonchev–Trinajstić information content (AvgIpc) is 2.85. The number of carbonyl (C=O) groups is 1. The van der Waals surface area contributed by atoms with Gasteiger partial charge >= 0.3 is 0 Å². The Bertz CT molecular complexity index is 428. The third-order valence-electron chi connectivity index (χ3n) is 4.04.